The van der Waals surface area contributed by atoms with Crippen LogP contribution < -0.4 is 5.32 Å². The first-order valence-corrected chi connectivity index (χ1v) is 8.34. The van der Waals surface area contributed by atoms with Crippen LogP contribution in [0.15, 0.2) is 0 Å². The smallest absolute Gasteiger partial charge is 0.308 e. The number of rotatable bonds is 6. The highest BCUT2D eigenvalue weighted by atomic mass is 32.2. The van der Waals surface area contributed by atoms with E-state index >= 15 is 0 Å². The minimum Gasteiger partial charge on any atom is -0.481 e. The lowest BCUT2D eigenvalue weighted by atomic mass is 10.0. The monoisotopic (exact) mass is 289 g/mol. The molecule has 2 unspecified atom stereocenters. The van der Waals surface area contributed by atoms with E-state index in [1.165, 1.54) is 0 Å². The summed E-state index contributed by atoms with van der Waals surface area (Å²) in [6.07, 6.45) is 3.51. The first-order valence-electron chi connectivity index (χ1n) is 6.62. The summed E-state index contributed by atoms with van der Waals surface area (Å²) in [5, 5.41) is 10.6. The number of carbonyl (C=O) groups is 2. The molecule has 7 heteroatoms. The highest BCUT2D eigenvalue weighted by Crippen LogP contribution is 2.35. The van der Waals surface area contributed by atoms with Crippen molar-refractivity contribution in [2.24, 2.45) is 11.8 Å². The lowest BCUT2D eigenvalue weighted by Gasteiger charge is -2.15. The minimum absolute atomic E-state index is 0.0245. The Morgan fingerprint density at radius 2 is 1.95 bits per heavy atom. The van der Waals surface area contributed by atoms with Gasteiger partial charge >= 0.3 is 5.97 Å². The Bertz CT molecular complexity index is 469. The van der Waals surface area contributed by atoms with Gasteiger partial charge in [-0.2, -0.15) is 0 Å². The van der Waals surface area contributed by atoms with Gasteiger partial charge in [0.05, 0.1) is 11.7 Å². The lowest BCUT2D eigenvalue weighted by molar-refractivity contribution is -0.142. The van der Waals surface area contributed by atoms with Crippen LogP contribution in [-0.2, 0) is 19.4 Å². The number of sulfone groups is 1. The van der Waals surface area contributed by atoms with Gasteiger partial charge in [-0.1, -0.05) is 12.8 Å². The predicted octanol–water partition coefficient (Wildman–Crippen LogP) is 0.181. The molecule has 0 radical (unpaired) electrons. The van der Waals surface area contributed by atoms with Gasteiger partial charge < -0.3 is 10.4 Å². The van der Waals surface area contributed by atoms with Gasteiger partial charge in [0.15, 0.2) is 9.84 Å². The van der Waals surface area contributed by atoms with E-state index in [9.17, 15) is 18.0 Å². The maximum atomic E-state index is 11.8. The van der Waals surface area contributed by atoms with Gasteiger partial charge in [-0.05, 0) is 25.2 Å². The summed E-state index contributed by atoms with van der Waals surface area (Å²) >= 11 is 0. The van der Waals surface area contributed by atoms with Crippen LogP contribution in [0, 0.1) is 11.8 Å². The second-order valence-corrected chi connectivity index (χ2v) is 7.76. The summed E-state index contributed by atoms with van der Waals surface area (Å²) in [6.45, 7) is 0.0245. The van der Waals surface area contributed by atoms with Crippen molar-refractivity contribution in [2.45, 2.75) is 37.4 Å². The Balaban J connectivity index is 1.86. The molecule has 1 saturated heterocycles. The van der Waals surface area contributed by atoms with Crippen LogP contribution in [0.3, 0.4) is 0 Å². The Hall–Kier alpha value is -1.11. The predicted molar refractivity (Wildman–Crippen MR) is 68.3 cm³/mol. The van der Waals surface area contributed by atoms with E-state index in [0.29, 0.717) is 25.2 Å². The SMILES string of the molecule is O=C(O)C(CNC(=O)C1CCCS1(=O)=O)CC1CC1. The number of carbonyl (C=O) groups excluding carboxylic acids is 1. The number of aliphatic carboxylic acids is 1. The summed E-state index contributed by atoms with van der Waals surface area (Å²) in [6, 6.07) is 0. The summed E-state index contributed by atoms with van der Waals surface area (Å²) in [5.41, 5.74) is 0. The van der Waals surface area contributed by atoms with Gasteiger partial charge in [0, 0.05) is 6.54 Å². The van der Waals surface area contributed by atoms with Crippen LogP contribution in [0.25, 0.3) is 0 Å². The minimum atomic E-state index is -3.32. The van der Waals surface area contributed by atoms with E-state index in [-0.39, 0.29) is 12.3 Å². The third kappa shape index (κ3) is 3.68. The van der Waals surface area contributed by atoms with E-state index in [2.05, 4.69) is 5.32 Å². The van der Waals surface area contributed by atoms with Crippen molar-refractivity contribution < 1.29 is 23.1 Å². The molecule has 0 bridgehead atoms. The van der Waals surface area contributed by atoms with Crippen LogP contribution in [0.4, 0.5) is 0 Å². The molecule has 1 heterocycles. The summed E-state index contributed by atoms with van der Waals surface area (Å²) in [7, 11) is -3.32. The largest absolute Gasteiger partial charge is 0.481 e. The molecule has 0 spiro atoms. The molecule has 2 fully saturated rings. The lowest BCUT2D eigenvalue weighted by Crippen LogP contribution is -2.41. The van der Waals surface area contributed by atoms with Crippen molar-refractivity contribution in [3.63, 3.8) is 0 Å². The second-order valence-electron chi connectivity index (χ2n) is 5.46. The van der Waals surface area contributed by atoms with Crippen LogP contribution in [0.2, 0.25) is 0 Å². The molecule has 1 amide bonds. The van der Waals surface area contributed by atoms with Crippen LogP contribution in [0.5, 0.6) is 0 Å². The maximum Gasteiger partial charge on any atom is 0.308 e. The zero-order valence-corrected chi connectivity index (χ0v) is 11.5. The number of nitrogens with one attached hydrogen (secondary N) is 1. The third-order valence-electron chi connectivity index (χ3n) is 3.81. The third-order valence-corrected chi connectivity index (χ3v) is 5.98. The number of hydrogen-bond donors (Lipinski definition) is 2. The standard InChI is InChI=1S/C12H19NO5S/c14-11(10-2-1-5-19(10,17)18)13-7-9(12(15)16)6-8-3-4-8/h8-10H,1-7H2,(H,13,14)(H,15,16). The molecule has 0 aromatic heterocycles. The molecule has 6 nitrogen and oxygen atoms in total. The molecule has 1 aliphatic carbocycles. The molecule has 0 aromatic rings. The van der Waals surface area contributed by atoms with Crippen LogP contribution >= 0.6 is 0 Å². The van der Waals surface area contributed by atoms with Gasteiger partial charge in [-0.15, -0.1) is 0 Å². The van der Waals surface area contributed by atoms with Crippen LogP contribution in [0.1, 0.15) is 32.1 Å². The molecular weight excluding hydrogens is 270 g/mol. The fourth-order valence-corrected chi connectivity index (χ4v) is 4.24. The fourth-order valence-electron chi connectivity index (χ4n) is 2.45. The van der Waals surface area contributed by atoms with Crippen molar-refractivity contribution in [3.05, 3.63) is 0 Å². The average Bonchev–Trinajstić information content (AvgIpc) is 3.06. The molecule has 2 aliphatic rings. The molecular formula is C12H19NO5S. The molecule has 1 aliphatic heterocycles. The Labute approximate surface area is 112 Å². The van der Waals surface area contributed by atoms with Crippen molar-refractivity contribution in [3.8, 4) is 0 Å². The van der Waals surface area contributed by atoms with E-state index in [1.54, 1.807) is 0 Å². The van der Waals surface area contributed by atoms with Crippen molar-refractivity contribution in [1.29, 1.82) is 0 Å². The normalized spacial score (nSPS) is 26.8. The first-order chi connectivity index (χ1) is 8.90. The summed E-state index contributed by atoms with van der Waals surface area (Å²) in [4.78, 5) is 22.9. The van der Waals surface area contributed by atoms with Crippen molar-refractivity contribution in [1.82, 2.24) is 5.32 Å². The number of carboxylic acids is 1. The molecule has 2 rings (SSSR count). The highest BCUT2D eigenvalue weighted by molar-refractivity contribution is 7.93. The molecule has 2 N–H and O–H groups in total. The van der Waals surface area contributed by atoms with Gasteiger partial charge in [0.25, 0.3) is 0 Å². The quantitative estimate of drug-likeness (QED) is 0.726. The summed E-state index contributed by atoms with van der Waals surface area (Å²) in [5.74, 6) is -1.58. The molecule has 19 heavy (non-hydrogen) atoms. The highest BCUT2D eigenvalue weighted by Gasteiger charge is 2.37. The number of amides is 1. The van der Waals surface area contributed by atoms with Gasteiger partial charge in [0.1, 0.15) is 5.25 Å². The number of carboxylic acid groups (broad SMARTS) is 1. The van der Waals surface area contributed by atoms with Gasteiger partial charge in [0.2, 0.25) is 5.91 Å². The van der Waals surface area contributed by atoms with E-state index in [0.717, 1.165) is 12.8 Å². The Morgan fingerprint density at radius 3 is 2.42 bits per heavy atom. The van der Waals surface area contributed by atoms with Crippen molar-refractivity contribution in [2.75, 3.05) is 12.3 Å². The first kappa shape index (κ1) is 14.3. The number of hydrogen-bond acceptors (Lipinski definition) is 4. The maximum absolute atomic E-state index is 11.8. The zero-order valence-electron chi connectivity index (χ0n) is 10.7. The van der Waals surface area contributed by atoms with Crippen LogP contribution in [-0.4, -0.2) is 42.9 Å². The van der Waals surface area contributed by atoms with Gasteiger partial charge in [-0.25, -0.2) is 8.42 Å². The molecule has 2 atom stereocenters. The molecule has 0 aromatic carbocycles. The van der Waals surface area contributed by atoms with E-state index < -0.39 is 32.9 Å². The Morgan fingerprint density at radius 1 is 1.26 bits per heavy atom. The topological polar surface area (TPSA) is 101 Å². The molecule has 1 saturated carbocycles. The van der Waals surface area contributed by atoms with E-state index in [1.807, 2.05) is 0 Å². The zero-order chi connectivity index (χ0) is 14.0. The Kier molecular flexibility index (Phi) is 4.13. The average molecular weight is 289 g/mol. The van der Waals surface area contributed by atoms with E-state index in [4.69, 9.17) is 5.11 Å². The van der Waals surface area contributed by atoms with Gasteiger partial charge in [-0.3, -0.25) is 9.59 Å². The van der Waals surface area contributed by atoms with Crippen molar-refractivity contribution >= 4 is 21.7 Å². The second kappa shape index (κ2) is 5.48. The summed E-state index contributed by atoms with van der Waals surface area (Å²) < 4.78 is 23.2. The fraction of sp³-hybridized carbons (Fsp3) is 0.833. The molecule has 108 valence electrons.